The van der Waals surface area contributed by atoms with E-state index in [1.165, 1.54) is 0 Å². The average Bonchev–Trinajstić information content (AvgIpc) is 2.42. The smallest absolute Gasteiger partial charge is 0.315 e. The van der Waals surface area contributed by atoms with Crippen LogP contribution in [0.5, 0.6) is 0 Å². The van der Waals surface area contributed by atoms with Gasteiger partial charge in [-0.25, -0.2) is 13.2 Å². The quantitative estimate of drug-likeness (QED) is 0.666. The third-order valence-corrected chi connectivity index (χ3v) is 3.90. The van der Waals surface area contributed by atoms with E-state index in [1.807, 2.05) is 0 Å². The maximum absolute atomic E-state index is 11.1. The van der Waals surface area contributed by atoms with E-state index in [2.05, 4.69) is 10.6 Å². The summed E-state index contributed by atoms with van der Waals surface area (Å²) in [5, 5.41) is 5.09. The van der Waals surface area contributed by atoms with Gasteiger partial charge in [-0.15, -0.1) is 11.6 Å². The first-order valence-electron chi connectivity index (χ1n) is 4.34. The highest BCUT2D eigenvalue weighted by molar-refractivity contribution is 7.91. The van der Waals surface area contributed by atoms with Crippen molar-refractivity contribution in [3.63, 3.8) is 0 Å². The molecular weight excluding hydrogens is 228 g/mol. The maximum atomic E-state index is 11.1. The van der Waals surface area contributed by atoms with Crippen LogP contribution in [0, 0.1) is 0 Å². The summed E-state index contributed by atoms with van der Waals surface area (Å²) in [6.07, 6.45) is 0.497. The summed E-state index contributed by atoms with van der Waals surface area (Å²) in [5.74, 6) is 0.547. The molecule has 1 unspecified atom stereocenters. The molecule has 0 aliphatic carbocycles. The zero-order valence-electron chi connectivity index (χ0n) is 7.62. The first kappa shape index (κ1) is 11.6. The summed E-state index contributed by atoms with van der Waals surface area (Å²) in [6, 6.07) is -0.608. The molecule has 2 N–H and O–H groups in total. The van der Waals surface area contributed by atoms with E-state index < -0.39 is 9.84 Å². The van der Waals surface area contributed by atoms with Crippen molar-refractivity contribution in [2.24, 2.45) is 0 Å². The molecule has 82 valence electrons. The Bertz CT molecular complexity index is 304. The molecule has 0 aromatic heterocycles. The zero-order chi connectivity index (χ0) is 10.6. The van der Waals surface area contributed by atoms with Gasteiger partial charge in [-0.3, -0.25) is 0 Å². The van der Waals surface area contributed by atoms with Gasteiger partial charge in [-0.2, -0.15) is 0 Å². The van der Waals surface area contributed by atoms with Crippen LogP contribution in [0.25, 0.3) is 0 Å². The first-order valence-corrected chi connectivity index (χ1v) is 6.70. The molecule has 5 nitrogen and oxygen atoms in total. The van der Waals surface area contributed by atoms with Gasteiger partial charge in [-0.05, 0) is 6.42 Å². The lowest BCUT2D eigenvalue weighted by Gasteiger charge is -2.10. The number of nitrogens with one attached hydrogen (secondary N) is 2. The van der Waals surface area contributed by atoms with E-state index in [-0.39, 0.29) is 23.6 Å². The molecular formula is C7H13ClN2O3S. The summed E-state index contributed by atoms with van der Waals surface area (Å²) in [7, 11) is -2.93. The summed E-state index contributed by atoms with van der Waals surface area (Å²) in [4.78, 5) is 11.1. The number of sulfone groups is 1. The molecule has 0 spiro atoms. The van der Waals surface area contributed by atoms with Crippen molar-refractivity contribution in [3.8, 4) is 0 Å². The highest BCUT2D eigenvalue weighted by Gasteiger charge is 2.28. The molecule has 2 amide bonds. The van der Waals surface area contributed by atoms with E-state index in [0.29, 0.717) is 18.8 Å². The fourth-order valence-corrected chi connectivity index (χ4v) is 3.07. The van der Waals surface area contributed by atoms with Crippen molar-refractivity contribution >= 4 is 27.5 Å². The largest absolute Gasteiger partial charge is 0.337 e. The number of carbonyl (C=O) groups is 1. The van der Waals surface area contributed by atoms with Crippen LogP contribution >= 0.6 is 11.6 Å². The predicted octanol–water partition coefficient (Wildman–Crippen LogP) is -0.288. The summed E-state index contributed by atoms with van der Waals surface area (Å²) in [6.45, 7) is 0.382. The van der Waals surface area contributed by atoms with Crippen molar-refractivity contribution in [2.75, 3.05) is 23.9 Å². The van der Waals surface area contributed by atoms with Crippen molar-refractivity contribution in [3.05, 3.63) is 0 Å². The number of amides is 2. The lowest BCUT2D eigenvalue weighted by Crippen LogP contribution is -2.43. The number of urea groups is 1. The van der Waals surface area contributed by atoms with E-state index in [0.717, 1.165) is 0 Å². The second-order valence-electron chi connectivity index (χ2n) is 3.19. The van der Waals surface area contributed by atoms with Crippen LogP contribution in [0.2, 0.25) is 0 Å². The molecule has 1 heterocycles. The van der Waals surface area contributed by atoms with E-state index in [1.54, 1.807) is 0 Å². The molecule has 0 radical (unpaired) electrons. The third-order valence-electron chi connectivity index (χ3n) is 1.95. The van der Waals surface area contributed by atoms with Gasteiger partial charge < -0.3 is 10.6 Å². The minimum absolute atomic E-state index is 0.0430. The lowest BCUT2D eigenvalue weighted by atomic mass is 10.3. The Balaban J connectivity index is 2.29. The third kappa shape index (κ3) is 3.71. The lowest BCUT2D eigenvalue weighted by molar-refractivity contribution is 0.238. The Kier molecular flexibility index (Phi) is 4.00. The number of hydrogen-bond acceptors (Lipinski definition) is 3. The molecule has 0 aromatic carbocycles. The summed E-state index contributed by atoms with van der Waals surface area (Å²) in [5.41, 5.74) is 0. The predicted molar refractivity (Wildman–Crippen MR) is 54.3 cm³/mol. The van der Waals surface area contributed by atoms with Crippen LogP contribution in [0.15, 0.2) is 0 Å². The van der Waals surface area contributed by atoms with Crippen LogP contribution in [-0.2, 0) is 9.84 Å². The highest BCUT2D eigenvalue weighted by Crippen LogP contribution is 2.10. The standard InChI is InChI=1S/C7H13ClN2O3S/c8-2-3-9-7(11)10-6-1-4-14(12,13)5-6/h6H,1-5H2,(H2,9,10,11). The Morgan fingerprint density at radius 1 is 1.50 bits per heavy atom. The monoisotopic (exact) mass is 240 g/mol. The molecule has 0 aromatic rings. The van der Waals surface area contributed by atoms with Crippen LogP contribution < -0.4 is 10.6 Å². The molecule has 7 heteroatoms. The Labute approximate surface area is 88.1 Å². The van der Waals surface area contributed by atoms with E-state index in [4.69, 9.17) is 11.6 Å². The molecule has 1 atom stereocenters. The Morgan fingerprint density at radius 2 is 2.21 bits per heavy atom. The number of carbonyl (C=O) groups excluding carboxylic acids is 1. The fourth-order valence-electron chi connectivity index (χ4n) is 1.31. The average molecular weight is 241 g/mol. The summed E-state index contributed by atoms with van der Waals surface area (Å²) < 4.78 is 22.1. The Morgan fingerprint density at radius 3 is 2.71 bits per heavy atom. The van der Waals surface area contributed by atoms with Crippen LogP contribution in [0.1, 0.15) is 6.42 Å². The van der Waals surface area contributed by atoms with Crippen LogP contribution in [0.4, 0.5) is 4.79 Å². The van der Waals surface area contributed by atoms with Gasteiger partial charge >= 0.3 is 6.03 Å². The van der Waals surface area contributed by atoms with Gasteiger partial charge in [0.05, 0.1) is 11.5 Å². The second kappa shape index (κ2) is 4.84. The van der Waals surface area contributed by atoms with Gasteiger partial charge in [0.25, 0.3) is 0 Å². The van der Waals surface area contributed by atoms with Gasteiger partial charge in [0.15, 0.2) is 9.84 Å². The van der Waals surface area contributed by atoms with E-state index >= 15 is 0 Å². The molecule has 1 rings (SSSR count). The maximum Gasteiger partial charge on any atom is 0.315 e. The van der Waals surface area contributed by atoms with Crippen molar-refractivity contribution in [1.29, 1.82) is 0 Å². The van der Waals surface area contributed by atoms with Crippen LogP contribution in [0.3, 0.4) is 0 Å². The van der Waals surface area contributed by atoms with Crippen molar-refractivity contribution < 1.29 is 13.2 Å². The SMILES string of the molecule is O=C(NCCCl)NC1CCS(=O)(=O)C1. The Hall–Kier alpha value is -0.490. The second-order valence-corrected chi connectivity index (χ2v) is 5.80. The van der Waals surface area contributed by atoms with Gasteiger partial charge in [0.1, 0.15) is 0 Å². The van der Waals surface area contributed by atoms with Gasteiger partial charge in [-0.1, -0.05) is 0 Å². The number of alkyl halides is 1. The molecule has 1 aliphatic heterocycles. The molecule has 0 saturated carbocycles. The van der Waals surface area contributed by atoms with Gasteiger partial charge in [0, 0.05) is 18.5 Å². The van der Waals surface area contributed by atoms with Gasteiger partial charge in [0.2, 0.25) is 0 Å². The molecule has 0 bridgehead atoms. The van der Waals surface area contributed by atoms with Crippen molar-refractivity contribution in [2.45, 2.75) is 12.5 Å². The highest BCUT2D eigenvalue weighted by atomic mass is 35.5. The molecule has 1 aliphatic rings. The normalized spacial score (nSPS) is 24.5. The number of rotatable bonds is 3. The first-order chi connectivity index (χ1) is 6.53. The number of halogens is 1. The van der Waals surface area contributed by atoms with E-state index in [9.17, 15) is 13.2 Å². The molecule has 1 fully saturated rings. The summed E-state index contributed by atoms with van der Waals surface area (Å²) >= 11 is 5.37. The topological polar surface area (TPSA) is 75.3 Å². The molecule has 14 heavy (non-hydrogen) atoms. The minimum atomic E-state index is -2.93. The minimum Gasteiger partial charge on any atom is -0.337 e. The van der Waals surface area contributed by atoms with Crippen molar-refractivity contribution in [1.82, 2.24) is 10.6 Å². The zero-order valence-corrected chi connectivity index (χ0v) is 9.20. The number of hydrogen-bond donors (Lipinski definition) is 2. The van der Waals surface area contributed by atoms with Crippen LogP contribution in [-0.4, -0.2) is 44.4 Å². The fraction of sp³-hybridized carbons (Fsp3) is 0.857. The molecule has 1 saturated heterocycles.